The lowest BCUT2D eigenvalue weighted by Crippen LogP contribution is -2.13. The maximum atomic E-state index is 11.9. The maximum Gasteiger partial charge on any atom is 0.311 e. The fourth-order valence-electron chi connectivity index (χ4n) is 1.70. The van der Waals surface area contributed by atoms with Gasteiger partial charge in [-0.2, -0.15) is 0 Å². The zero-order valence-corrected chi connectivity index (χ0v) is 11.1. The van der Waals surface area contributed by atoms with Crippen molar-refractivity contribution in [3.63, 3.8) is 0 Å². The van der Waals surface area contributed by atoms with Crippen LogP contribution >= 0.6 is 11.6 Å². The number of carbonyl (C=O) groups is 1. The number of rotatable bonds is 2. The average Bonchev–Trinajstić information content (AvgIpc) is 2.70. The van der Waals surface area contributed by atoms with E-state index in [9.17, 15) is 4.79 Å². The molecule has 1 amide bonds. The first-order valence-electron chi connectivity index (χ1n) is 5.48. The number of aryl methyl sites for hydroxylation is 3. The normalized spacial score (nSPS) is 10.4. The fourth-order valence-corrected chi connectivity index (χ4v) is 2.07. The summed E-state index contributed by atoms with van der Waals surface area (Å²) in [5, 5.41) is 3.21. The van der Waals surface area contributed by atoms with Crippen LogP contribution in [0.25, 0.3) is 0 Å². The summed E-state index contributed by atoms with van der Waals surface area (Å²) in [4.78, 5) is 15.8. The molecule has 1 aromatic carbocycles. The van der Waals surface area contributed by atoms with Gasteiger partial charge in [0.25, 0.3) is 5.89 Å². The molecular formula is C13H13ClN2O2. The molecule has 0 saturated heterocycles. The van der Waals surface area contributed by atoms with Gasteiger partial charge in [-0.25, -0.2) is 4.98 Å². The van der Waals surface area contributed by atoms with Gasteiger partial charge in [-0.3, -0.25) is 4.79 Å². The molecule has 0 aliphatic heterocycles. The summed E-state index contributed by atoms with van der Waals surface area (Å²) in [6.07, 6.45) is 1.50. The van der Waals surface area contributed by atoms with Gasteiger partial charge in [0.15, 0.2) is 0 Å². The molecule has 0 unspecified atom stereocenters. The molecule has 0 aliphatic rings. The Labute approximate surface area is 110 Å². The van der Waals surface area contributed by atoms with Gasteiger partial charge in [0, 0.05) is 0 Å². The molecule has 1 N–H and O–H groups in total. The number of hydrogen-bond acceptors (Lipinski definition) is 3. The zero-order valence-electron chi connectivity index (χ0n) is 10.4. The lowest BCUT2D eigenvalue weighted by atomic mass is 10.1. The van der Waals surface area contributed by atoms with E-state index in [1.165, 1.54) is 6.20 Å². The quantitative estimate of drug-likeness (QED) is 0.903. The van der Waals surface area contributed by atoms with Crippen molar-refractivity contribution in [3.8, 4) is 0 Å². The Kier molecular flexibility index (Phi) is 3.39. The smallest absolute Gasteiger partial charge is 0.311 e. The second-order valence-corrected chi connectivity index (χ2v) is 4.58. The lowest BCUT2D eigenvalue weighted by Gasteiger charge is -2.10. The first-order chi connectivity index (χ1) is 8.47. The summed E-state index contributed by atoms with van der Waals surface area (Å²) in [5.74, 6) is 0.215. The Morgan fingerprint density at radius 2 is 2.06 bits per heavy atom. The third kappa shape index (κ3) is 2.54. The van der Waals surface area contributed by atoms with E-state index in [2.05, 4.69) is 10.3 Å². The first-order valence-corrected chi connectivity index (χ1v) is 5.85. The van der Waals surface area contributed by atoms with Gasteiger partial charge in [0.2, 0.25) is 0 Å². The molecule has 0 aliphatic carbocycles. The number of nitrogens with one attached hydrogen (secondary N) is 1. The summed E-state index contributed by atoms with van der Waals surface area (Å²) in [7, 11) is 0. The third-order valence-corrected chi connectivity index (χ3v) is 2.78. The average molecular weight is 265 g/mol. The monoisotopic (exact) mass is 264 g/mol. The number of amides is 1. The van der Waals surface area contributed by atoms with Crippen molar-refractivity contribution in [2.24, 2.45) is 0 Å². The molecule has 0 fully saturated rings. The Balaban J connectivity index is 2.27. The summed E-state index contributed by atoms with van der Waals surface area (Å²) < 4.78 is 5.15. The van der Waals surface area contributed by atoms with Crippen LogP contribution in [0.5, 0.6) is 0 Å². The third-order valence-electron chi connectivity index (χ3n) is 2.49. The molecule has 94 valence electrons. The molecule has 18 heavy (non-hydrogen) atoms. The summed E-state index contributed by atoms with van der Waals surface area (Å²) in [6.45, 7) is 5.56. The molecule has 5 heteroatoms. The molecule has 1 aromatic heterocycles. The van der Waals surface area contributed by atoms with Crippen LogP contribution in [0.2, 0.25) is 5.02 Å². The van der Waals surface area contributed by atoms with Crippen LogP contribution in [0.4, 0.5) is 5.69 Å². The number of halogens is 1. The molecule has 0 radical (unpaired) electrons. The summed E-state index contributed by atoms with van der Waals surface area (Å²) in [5.41, 5.74) is 2.53. The van der Waals surface area contributed by atoms with Crippen molar-refractivity contribution < 1.29 is 9.21 Å². The predicted octanol–water partition coefficient (Wildman–Crippen LogP) is 3.51. The van der Waals surface area contributed by atoms with E-state index in [0.717, 1.165) is 11.1 Å². The highest BCUT2D eigenvalue weighted by atomic mass is 35.5. The van der Waals surface area contributed by atoms with Crippen molar-refractivity contribution in [3.05, 3.63) is 46.1 Å². The molecule has 4 nitrogen and oxygen atoms in total. The minimum Gasteiger partial charge on any atom is -0.438 e. The number of oxazole rings is 1. The maximum absolute atomic E-state index is 11.9. The molecule has 0 atom stereocenters. The highest BCUT2D eigenvalue weighted by molar-refractivity contribution is 6.34. The van der Waals surface area contributed by atoms with Gasteiger partial charge >= 0.3 is 5.91 Å². The largest absolute Gasteiger partial charge is 0.438 e. The van der Waals surface area contributed by atoms with Crippen molar-refractivity contribution in [2.75, 3.05) is 5.32 Å². The Bertz CT molecular complexity index is 582. The van der Waals surface area contributed by atoms with Gasteiger partial charge in [-0.1, -0.05) is 17.7 Å². The molecule has 0 bridgehead atoms. The molecule has 2 aromatic rings. The Morgan fingerprint density at radius 3 is 2.61 bits per heavy atom. The van der Waals surface area contributed by atoms with Crippen LogP contribution in [-0.2, 0) is 0 Å². The topological polar surface area (TPSA) is 55.1 Å². The van der Waals surface area contributed by atoms with Crippen LogP contribution < -0.4 is 5.32 Å². The van der Waals surface area contributed by atoms with Crippen molar-refractivity contribution in [1.82, 2.24) is 4.98 Å². The molecule has 0 saturated carbocycles. The predicted molar refractivity (Wildman–Crippen MR) is 70.1 cm³/mol. The summed E-state index contributed by atoms with van der Waals surface area (Å²) >= 11 is 6.11. The molecule has 2 rings (SSSR count). The van der Waals surface area contributed by atoms with E-state index in [1.807, 2.05) is 19.9 Å². The van der Waals surface area contributed by atoms with Gasteiger partial charge in [-0.15, -0.1) is 0 Å². The molecule has 1 heterocycles. The lowest BCUT2D eigenvalue weighted by molar-refractivity contribution is 0.0989. The number of anilines is 1. The van der Waals surface area contributed by atoms with Gasteiger partial charge in [-0.05, 0) is 38.0 Å². The van der Waals surface area contributed by atoms with Crippen LogP contribution in [-0.4, -0.2) is 10.9 Å². The number of aromatic nitrogens is 1. The molecular weight excluding hydrogens is 252 g/mol. The highest BCUT2D eigenvalue weighted by Gasteiger charge is 2.15. The number of benzene rings is 1. The number of carbonyl (C=O) groups excluding carboxylic acids is 1. The van der Waals surface area contributed by atoms with E-state index in [0.29, 0.717) is 16.5 Å². The van der Waals surface area contributed by atoms with Crippen LogP contribution in [0.1, 0.15) is 27.6 Å². The van der Waals surface area contributed by atoms with E-state index in [1.54, 1.807) is 13.0 Å². The van der Waals surface area contributed by atoms with Crippen molar-refractivity contribution in [1.29, 1.82) is 0 Å². The van der Waals surface area contributed by atoms with Crippen LogP contribution in [0, 0.1) is 20.8 Å². The second kappa shape index (κ2) is 4.82. The zero-order chi connectivity index (χ0) is 13.3. The second-order valence-electron chi connectivity index (χ2n) is 4.17. The SMILES string of the molecule is Cc1cc(C)c(NC(=O)c2ncc(C)o2)c(Cl)c1. The fraction of sp³-hybridized carbons (Fsp3) is 0.231. The van der Waals surface area contributed by atoms with E-state index >= 15 is 0 Å². The van der Waals surface area contributed by atoms with E-state index < -0.39 is 5.91 Å². The number of nitrogens with zero attached hydrogens (tertiary/aromatic N) is 1. The Morgan fingerprint density at radius 1 is 1.33 bits per heavy atom. The Hall–Kier alpha value is -1.81. The summed E-state index contributed by atoms with van der Waals surface area (Å²) in [6, 6.07) is 3.74. The number of hydrogen-bond donors (Lipinski definition) is 1. The van der Waals surface area contributed by atoms with Gasteiger partial charge in [0.1, 0.15) is 5.76 Å². The first kappa shape index (κ1) is 12.6. The highest BCUT2D eigenvalue weighted by Crippen LogP contribution is 2.27. The van der Waals surface area contributed by atoms with Crippen LogP contribution in [0.15, 0.2) is 22.7 Å². The van der Waals surface area contributed by atoms with Crippen molar-refractivity contribution >= 4 is 23.2 Å². The van der Waals surface area contributed by atoms with E-state index in [4.69, 9.17) is 16.0 Å². The standard InChI is InChI=1S/C13H13ClN2O2/c1-7-4-8(2)11(10(14)5-7)16-12(17)13-15-6-9(3)18-13/h4-6H,1-3H3,(H,16,17). The van der Waals surface area contributed by atoms with E-state index in [-0.39, 0.29) is 5.89 Å². The van der Waals surface area contributed by atoms with Crippen LogP contribution in [0.3, 0.4) is 0 Å². The van der Waals surface area contributed by atoms with Gasteiger partial charge < -0.3 is 9.73 Å². The minimum absolute atomic E-state index is 0.0311. The molecule has 0 spiro atoms. The van der Waals surface area contributed by atoms with Crippen molar-refractivity contribution in [2.45, 2.75) is 20.8 Å². The minimum atomic E-state index is -0.406. The van der Waals surface area contributed by atoms with Gasteiger partial charge in [0.05, 0.1) is 16.9 Å².